The fourth-order valence-corrected chi connectivity index (χ4v) is 1.32. The Balaban J connectivity index is 1.83. The molecule has 0 bridgehead atoms. The summed E-state index contributed by atoms with van der Waals surface area (Å²) in [6, 6.07) is 1.91. The molecule has 1 fully saturated rings. The number of hydrogen-bond acceptors (Lipinski definition) is 4. The molecule has 0 saturated carbocycles. The van der Waals surface area contributed by atoms with Crippen molar-refractivity contribution in [3.8, 4) is 6.07 Å². The van der Waals surface area contributed by atoms with Gasteiger partial charge in [-0.1, -0.05) is 0 Å². The smallest absolute Gasteiger partial charge is 0.252 e. The Morgan fingerprint density at radius 3 is 3.08 bits per heavy atom. The second kappa shape index (κ2) is 3.54. The van der Waals surface area contributed by atoms with Crippen molar-refractivity contribution in [3.05, 3.63) is 12.2 Å². The predicted molar refractivity (Wildman–Crippen MR) is 45.7 cm³/mol. The first-order valence-corrected chi connectivity index (χ1v) is 4.39. The van der Waals surface area contributed by atoms with Crippen molar-refractivity contribution in [2.75, 3.05) is 13.1 Å². The Labute approximate surface area is 76.4 Å². The van der Waals surface area contributed by atoms with Gasteiger partial charge in [-0.25, -0.2) is 4.98 Å². The number of hydrogen-bond donors (Lipinski definition) is 1. The van der Waals surface area contributed by atoms with Crippen molar-refractivity contribution in [3.63, 3.8) is 0 Å². The lowest BCUT2D eigenvalue weighted by Gasteiger charge is -2.26. The fourth-order valence-electron chi connectivity index (χ4n) is 1.32. The Bertz CT molecular complexity index is 320. The number of nitrogens with one attached hydrogen (secondary N) is 1. The second-order valence-electron chi connectivity index (χ2n) is 3.26. The molecule has 1 aromatic rings. The molecule has 1 aromatic heterocycles. The molecule has 0 aliphatic carbocycles. The van der Waals surface area contributed by atoms with E-state index in [4.69, 9.17) is 5.26 Å². The molecule has 1 saturated heterocycles. The highest BCUT2D eigenvalue weighted by Crippen LogP contribution is 2.08. The lowest BCUT2D eigenvalue weighted by molar-refractivity contribution is 0.306. The number of nitrogens with zero attached hydrogens (tertiary/aromatic N) is 4. The minimum atomic E-state index is 0.256. The molecule has 1 aliphatic heterocycles. The van der Waals surface area contributed by atoms with E-state index in [0.29, 0.717) is 0 Å². The highest BCUT2D eigenvalue weighted by molar-refractivity contribution is 5.05. The topological polar surface area (TPSA) is 66.5 Å². The van der Waals surface area contributed by atoms with Gasteiger partial charge in [0, 0.05) is 6.54 Å². The Morgan fingerprint density at radius 1 is 1.69 bits per heavy atom. The quantitative estimate of drug-likeness (QED) is 0.692. The van der Waals surface area contributed by atoms with Crippen molar-refractivity contribution in [1.82, 2.24) is 20.1 Å². The maximum absolute atomic E-state index is 8.49. The standard InChI is InChI=1S/C8H11N5/c9-3-8-11-6-13(12-8)2-1-7-4-10-5-7/h6-7,10H,1-2,4-5H2. The zero-order chi connectivity index (χ0) is 9.10. The molecule has 1 aliphatic rings. The first-order chi connectivity index (χ1) is 6.38. The highest BCUT2D eigenvalue weighted by Gasteiger charge is 2.16. The molecule has 2 rings (SSSR count). The summed E-state index contributed by atoms with van der Waals surface area (Å²) >= 11 is 0. The molecule has 5 nitrogen and oxygen atoms in total. The number of rotatable bonds is 3. The van der Waals surface area contributed by atoms with Crippen molar-refractivity contribution < 1.29 is 0 Å². The first kappa shape index (κ1) is 8.20. The van der Waals surface area contributed by atoms with Crippen LogP contribution in [0.3, 0.4) is 0 Å². The third kappa shape index (κ3) is 1.84. The molecule has 2 heterocycles. The zero-order valence-electron chi connectivity index (χ0n) is 7.27. The highest BCUT2D eigenvalue weighted by atomic mass is 15.3. The van der Waals surface area contributed by atoms with Crippen LogP contribution in [0.5, 0.6) is 0 Å². The summed E-state index contributed by atoms with van der Waals surface area (Å²) in [6.45, 7) is 3.08. The molecule has 0 aromatic carbocycles. The van der Waals surface area contributed by atoms with Crippen molar-refractivity contribution in [2.45, 2.75) is 13.0 Å². The molecule has 13 heavy (non-hydrogen) atoms. The van der Waals surface area contributed by atoms with Crippen molar-refractivity contribution >= 4 is 0 Å². The predicted octanol–water partition coefficient (Wildman–Crippen LogP) is -0.241. The fraction of sp³-hybridized carbons (Fsp3) is 0.625. The molecule has 68 valence electrons. The van der Waals surface area contributed by atoms with E-state index in [0.717, 1.165) is 32.0 Å². The Hall–Kier alpha value is -1.41. The van der Waals surface area contributed by atoms with Crippen LogP contribution >= 0.6 is 0 Å². The Kier molecular flexibility index (Phi) is 2.23. The van der Waals surface area contributed by atoms with Crippen LogP contribution < -0.4 is 5.32 Å². The maximum atomic E-state index is 8.49. The summed E-state index contributed by atoms with van der Waals surface area (Å²) in [6.07, 6.45) is 2.73. The minimum absolute atomic E-state index is 0.256. The van der Waals surface area contributed by atoms with Gasteiger partial charge in [0.1, 0.15) is 12.4 Å². The van der Waals surface area contributed by atoms with E-state index >= 15 is 0 Å². The van der Waals surface area contributed by atoms with Gasteiger partial charge in [0.2, 0.25) is 0 Å². The van der Waals surface area contributed by atoms with Crippen LogP contribution in [0.15, 0.2) is 6.33 Å². The number of aromatic nitrogens is 3. The normalized spacial score (nSPS) is 16.5. The molecular formula is C8H11N5. The van der Waals surface area contributed by atoms with E-state index in [1.807, 2.05) is 6.07 Å². The van der Waals surface area contributed by atoms with Crippen molar-refractivity contribution in [1.29, 1.82) is 5.26 Å². The van der Waals surface area contributed by atoms with Gasteiger partial charge in [-0.3, -0.25) is 4.68 Å². The summed E-state index contributed by atoms with van der Waals surface area (Å²) in [7, 11) is 0. The lowest BCUT2D eigenvalue weighted by atomic mass is 10.00. The summed E-state index contributed by atoms with van der Waals surface area (Å²) in [5.41, 5.74) is 0. The van der Waals surface area contributed by atoms with Crippen LogP contribution in [0.1, 0.15) is 12.2 Å². The van der Waals surface area contributed by atoms with Crippen LogP contribution in [-0.2, 0) is 6.54 Å². The monoisotopic (exact) mass is 177 g/mol. The molecule has 0 amide bonds. The van der Waals surface area contributed by atoms with E-state index in [1.165, 1.54) is 0 Å². The van der Waals surface area contributed by atoms with E-state index in [-0.39, 0.29) is 5.82 Å². The molecule has 0 atom stereocenters. The van der Waals surface area contributed by atoms with Crippen LogP contribution in [0.4, 0.5) is 0 Å². The van der Waals surface area contributed by atoms with E-state index in [1.54, 1.807) is 11.0 Å². The van der Waals surface area contributed by atoms with Crippen LogP contribution in [-0.4, -0.2) is 27.9 Å². The van der Waals surface area contributed by atoms with Gasteiger partial charge >= 0.3 is 0 Å². The van der Waals surface area contributed by atoms with Gasteiger partial charge in [-0.2, -0.15) is 5.26 Å². The summed E-state index contributed by atoms with van der Waals surface area (Å²) in [5.74, 6) is 1.03. The first-order valence-electron chi connectivity index (χ1n) is 4.39. The van der Waals surface area contributed by atoms with Crippen molar-refractivity contribution in [2.24, 2.45) is 5.92 Å². The molecule has 0 radical (unpaired) electrons. The molecule has 0 unspecified atom stereocenters. The largest absolute Gasteiger partial charge is 0.316 e. The van der Waals surface area contributed by atoms with Gasteiger partial charge in [-0.05, 0) is 25.4 Å². The van der Waals surface area contributed by atoms with Gasteiger partial charge < -0.3 is 5.32 Å². The average Bonchev–Trinajstić information content (AvgIpc) is 2.49. The second-order valence-corrected chi connectivity index (χ2v) is 3.26. The zero-order valence-corrected chi connectivity index (χ0v) is 7.27. The average molecular weight is 177 g/mol. The van der Waals surface area contributed by atoms with Gasteiger partial charge in [0.25, 0.3) is 5.82 Å². The lowest BCUT2D eigenvalue weighted by Crippen LogP contribution is -2.42. The summed E-state index contributed by atoms with van der Waals surface area (Å²) in [4.78, 5) is 3.83. The van der Waals surface area contributed by atoms with Crippen LogP contribution in [0.2, 0.25) is 0 Å². The third-order valence-electron chi connectivity index (χ3n) is 2.27. The van der Waals surface area contributed by atoms with E-state index in [2.05, 4.69) is 15.4 Å². The van der Waals surface area contributed by atoms with Gasteiger partial charge in [-0.15, -0.1) is 5.10 Å². The van der Waals surface area contributed by atoms with E-state index in [9.17, 15) is 0 Å². The summed E-state index contributed by atoms with van der Waals surface area (Å²) < 4.78 is 1.73. The van der Waals surface area contributed by atoms with Crippen LogP contribution in [0, 0.1) is 17.2 Å². The minimum Gasteiger partial charge on any atom is -0.316 e. The number of nitriles is 1. The van der Waals surface area contributed by atoms with Gasteiger partial charge in [0.15, 0.2) is 0 Å². The van der Waals surface area contributed by atoms with E-state index < -0.39 is 0 Å². The molecule has 5 heteroatoms. The maximum Gasteiger partial charge on any atom is 0.252 e. The summed E-state index contributed by atoms with van der Waals surface area (Å²) in [5, 5.41) is 15.7. The molecule has 0 spiro atoms. The van der Waals surface area contributed by atoms with Crippen LogP contribution in [0.25, 0.3) is 0 Å². The SMILES string of the molecule is N#Cc1ncn(CCC2CNC2)n1. The molecule has 1 N–H and O–H groups in total. The van der Waals surface area contributed by atoms with Gasteiger partial charge in [0.05, 0.1) is 0 Å². The number of aryl methyl sites for hydroxylation is 1. The Morgan fingerprint density at radius 2 is 2.54 bits per heavy atom. The molecular weight excluding hydrogens is 166 g/mol. The third-order valence-corrected chi connectivity index (χ3v) is 2.27.